The fourth-order valence-electron chi connectivity index (χ4n) is 3.93. The van der Waals surface area contributed by atoms with E-state index in [-0.39, 0.29) is 18.1 Å². The molecular formula is C25H24ClFN4O4. The summed E-state index contributed by atoms with van der Waals surface area (Å²) < 4.78 is 20.1. The zero-order valence-electron chi connectivity index (χ0n) is 19.1. The van der Waals surface area contributed by atoms with E-state index in [2.05, 4.69) is 15.7 Å². The topological polar surface area (TPSA) is 102 Å². The number of carbonyl (C=O) groups excluding carboxylic acids is 3. The van der Waals surface area contributed by atoms with E-state index in [1.165, 1.54) is 12.1 Å². The van der Waals surface area contributed by atoms with E-state index < -0.39 is 24.4 Å². The second-order valence-corrected chi connectivity index (χ2v) is 8.59. The summed E-state index contributed by atoms with van der Waals surface area (Å²) in [6.45, 7) is 0.920. The minimum Gasteiger partial charge on any atom is -0.451 e. The summed E-state index contributed by atoms with van der Waals surface area (Å²) in [7, 11) is 0. The average molecular weight is 499 g/mol. The number of esters is 1. The van der Waals surface area contributed by atoms with E-state index in [4.69, 9.17) is 16.3 Å². The van der Waals surface area contributed by atoms with E-state index in [0.29, 0.717) is 28.4 Å². The Hall–Kier alpha value is -3.72. The standard InChI is InChI=1S/C25H24ClFN4O4/c1-15-19(26)6-4-7-20(15)29-22(32)13-28-23(33)14-35-25(34)24-18-5-2-3-8-21(18)31(30-24)17-11-9-16(27)10-12-17/h4,6-7,9-12H,2-3,5,8,13-14H2,1H3,(H,28,33)(H,29,32). The van der Waals surface area contributed by atoms with Gasteiger partial charge in [-0.05, 0) is 74.6 Å². The van der Waals surface area contributed by atoms with E-state index >= 15 is 0 Å². The Balaban J connectivity index is 1.35. The molecule has 2 amide bonds. The van der Waals surface area contributed by atoms with Gasteiger partial charge in [0.15, 0.2) is 12.3 Å². The summed E-state index contributed by atoms with van der Waals surface area (Å²) in [5, 5.41) is 10.0. The van der Waals surface area contributed by atoms with Crippen molar-refractivity contribution in [3.05, 3.63) is 75.8 Å². The molecule has 2 aromatic carbocycles. The molecule has 1 heterocycles. The lowest BCUT2D eigenvalue weighted by molar-refractivity contribution is -0.126. The number of amides is 2. The summed E-state index contributed by atoms with van der Waals surface area (Å²) in [5.74, 6) is -2.15. The lowest BCUT2D eigenvalue weighted by Gasteiger charge is -2.14. The Morgan fingerprint density at radius 1 is 1.09 bits per heavy atom. The van der Waals surface area contributed by atoms with Crippen LogP contribution in [-0.2, 0) is 27.2 Å². The van der Waals surface area contributed by atoms with Crippen LogP contribution in [0.5, 0.6) is 0 Å². The van der Waals surface area contributed by atoms with Gasteiger partial charge in [0.1, 0.15) is 5.82 Å². The molecule has 0 saturated carbocycles. The third-order valence-corrected chi connectivity index (χ3v) is 6.18. The number of halogens is 2. The van der Waals surface area contributed by atoms with Crippen molar-refractivity contribution < 1.29 is 23.5 Å². The number of benzene rings is 2. The van der Waals surface area contributed by atoms with Crippen molar-refractivity contribution in [2.75, 3.05) is 18.5 Å². The van der Waals surface area contributed by atoms with Crippen LogP contribution in [0.3, 0.4) is 0 Å². The highest BCUT2D eigenvalue weighted by Crippen LogP contribution is 2.27. The highest BCUT2D eigenvalue weighted by molar-refractivity contribution is 6.31. The Morgan fingerprint density at radius 2 is 1.83 bits per heavy atom. The van der Waals surface area contributed by atoms with Crippen molar-refractivity contribution in [1.29, 1.82) is 0 Å². The second kappa shape index (κ2) is 10.7. The van der Waals surface area contributed by atoms with Crippen LogP contribution in [-0.4, -0.2) is 40.7 Å². The molecule has 3 aromatic rings. The van der Waals surface area contributed by atoms with E-state index in [1.807, 2.05) is 0 Å². The largest absolute Gasteiger partial charge is 0.451 e. The zero-order chi connectivity index (χ0) is 24.9. The highest BCUT2D eigenvalue weighted by Gasteiger charge is 2.27. The monoisotopic (exact) mass is 498 g/mol. The molecule has 2 N–H and O–H groups in total. The van der Waals surface area contributed by atoms with Gasteiger partial charge in [-0.15, -0.1) is 0 Å². The fourth-order valence-corrected chi connectivity index (χ4v) is 4.10. The number of nitrogens with one attached hydrogen (secondary N) is 2. The first-order chi connectivity index (χ1) is 16.8. The number of ether oxygens (including phenoxy) is 1. The number of anilines is 1. The predicted octanol–water partition coefficient (Wildman–Crippen LogP) is 3.76. The SMILES string of the molecule is Cc1c(Cl)cccc1NC(=O)CNC(=O)COC(=O)c1nn(-c2ccc(F)cc2)c2c1CCCC2. The lowest BCUT2D eigenvalue weighted by Crippen LogP contribution is -2.35. The van der Waals surface area contributed by atoms with Crippen molar-refractivity contribution in [2.45, 2.75) is 32.6 Å². The van der Waals surface area contributed by atoms with Crippen LogP contribution in [0, 0.1) is 12.7 Å². The van der Waals surface area contributed by atoms with Crippen LogP contribution in [0.1, 0.15) is 40.2 Å². The number of hydrogen-bond acceptors (Lipinski definition) is 5. The molecule has 1 aliphatic rings. The third kappa shape index (κ3) is 5.68. The van der Waals surface area contributed by atoms with Gasteiger partial charge in [0.05, 0.1) is 12.2 Å². The van der Waals surface area contributed by atoms with Gasteiger partial charge in [-0.1, -0.05) is 17.7 Å². The quantitative estimate of drug-likeness (QED) is 0.483. The predicted molar refractivity (Wildman–Crippen MR) is 128 cm³/mol. The molecule has 10 heteroatoms. The smallest absolute Gasteiger partial charge is 0.359 e. The number of fused-ring (bicyclic) bond motifs is 1. The van der Waals surface area contributed by atoms with E-state index in [9.17, 15) is 18.8 Å². The molecule has 8 nitrogen and oxygen atoms in total. The summed E-state index contributed by atoms with van der Waals surface area (Å²) in [6.07, 6.45) is 3.25. The summed E-state index contributed by atoms with van der Waals surface area (Å²) in [6, 6.07) is 11.0. The van der Waals surface area contributed by atoms with Crippen molar-refractivity contribution in [3.63, 3.8) is 0 Å². The number of nitrogens with zero attached hydrogens (tertiary/aromatic N) is 2. The number of carbonyl (C=O) groups is 3. The van der Waals surface area contributed by atoms with Crippen LogP contribution >= 0.6 is 11.6 Å². The lowest BCUT2D eigenvalue weighted by atomic mass is 9.95. The Morgan fingerprint density at radius 3 is 2.60 bits per heavy atom. The molecule has 0 aliphatic heterocycles. The van der Waals surface area contributed by atoms with Gasteiger partial charge in [-0.3, -0.25) is 9.59 Å². The first-order valence-corrected chi connectivity index (χ1v) is 11.6. The first kappa shape index (κ1) is 24.4. The summed E-state index contributed by atoms with van der Waals surface area (Å²) in [4.78, 5) is 37.0. The molecule has 0 spiro atoms. The van der Waals surface area contributed by atoms with Crippen molar-refractivity contribution in [2.24, 2.45) is 0 Å². The van der Waals surface area contributed by atoms with Crippen LogP contribution in [0.15, 0.2) is 42.5 Å². The number of rotatable bonds is 7. The normalized spacial score (nSPS) is 12.5. The van der Waals surface area contributed by atoms with Crippen molar-refractivity contribution >= 4 is 35.1 Å². The maximum Gasteiger partial charge on any atom is 0.359 e. The van der Waals surface area contributed by atoms with Crippen LogP contribution in [0.4, 0.5) is 10.1 Å². The third-order valence-electron chi connectivity index (χ3n) is 5.77. The summed E-state index contributed by atoms with van der Waals surface area (Å²) >= 11 is 6.04. The Kier molecular flexibility index (Phi) is 7.45. The van der Waals surface area contributed by atoms with Gasteiger partial charge in [0.2, 0.25) is 5.91 Å². The number of aromatic nitrogens is 2. The molecule has 0 fully saturated rings. The number of hydrogen-bond donors (Lipinski definition) is 2. The minimum absolute atomic E-state index is 0.144. The van der Waals surface area contributed by atoms with Crippen molar-refractivity contribution in [3.8, 4) is 5.69 Å². The molecule has 0 unspecified atom stereocenters. The molecule has 0 atom stereocenters. The average Bonchev–Trinajstić information content (AvgIpc) is 3.24. The zero-order valence-corrected chi connectivity index (χ0v) is 19.8. The van der Waals surface area contributed by atoms with Crippen LogP contribution < -0.4 is 10.6 Å². The van der Waals surface area contributed by atoms with Crippen LogP contribution in [0.25, 0.3) is 5.69 Å². The fraction of sp³-hybridized carbons (Fsp3) is 0.280. The van der Waals surface area contributed by atoms with Gasteiger partial charge in [-0.25, -0.2) is 13.9 Å². The maximum absolute atomic E-state index is 13.3. The maximum atomic E-state index is 13.3. The highest BCUT2D eigenvalue weighted by atomic mass is 35.5. The molecule has 35 heavy (non-hydrogen) atoms. The summed E-state index contributed by atoms with van der Waals surface area (Å²) in [5.41, 5.74) is 3.71. The van der Waals surface area contributed by atoms with Gasteiger partial charge < -0.3 is 15.4 Å². The molecule has 1 aliphatic carbocycles. The molecule has 182 valence electrons. The molecule has 4 rings (SSSR count). The molecule has 0 radical (unpaired) electrons. The van der Waals surface area contributed by atoms with Gasteiger partial charge in [-0.2, -0.15) is 5.10 Å². The van der Waals surface area contributed by atoms with Crippen molar-refractivity contribution in [1.82, 2.24) is 15.1 Å². The van der Waals surface area contributed by atoms with Gasteiger partial charge >= 0.3 is 5.97 Å². The minimum atomic E-state index is -0.724. The van der Waals surface area contributed by atoms with Gasteiger partial charge in [0.25, 0.3) is 5.91 Å². The van der Waals surface area contributed by atoms with E-state index in [1.54, 1.807) is 41.9 Å². The van der Waals surface area contributed by atoms with E-state index in [0.717, 1.165) is 30.5 Å². The first-order valence-electron chi connectivity index (χ1n) is 11.2. The van der Waals surface area contributed by atoms with Gasteiger partial charge in [0, 0.05) is 22.0 Å². The second-order valence-electron chi connectivity index (χ2n) is 8.18. The molecule has 0 saturated heterocycles. The molecular weight excluding hydrogens is 475 g/mol. The molecule has 1 aromatic heterocycles. The molecule has 0 bridgehead atoms. The Labute approximate surface area is 206 Å². The Bertz CT molecular complexity index is 1270. The van der Waals surface area contributed by atoms with Crippen LogP contribution in [0.2, 0.25) is 5.02 Å².